The summed E-state index contributed by atoms with van der Waals surface area (Å²) in [4.78, 5) is 23.0. The zero-order valence-corrected chi connectivity index (χ0v) is 11.1. The normalized spacial score (nSPS) is 36.4. The lowest BCUT2D eigenvalue weighted by Crippen LogP contribution is -2.48. The fourth-order valence-electron chi connectivity index (χ4n) is 3.79. The molecule has 3 aliphatic carbocycles. The molecule has 0 aromatic rings. The molecule has 0 aliphatic heterocycles. The van der Waals surface area contributed by atoms with Crippen molar-refractivity contribution in [2.24, 2.45) is 23.7 Å². The van der Waals surface area contributed by atoms with Crippen LogP contribution in [0.5, 0.6) is 0 Å². The first-order chi connectivity index (χ1) is 9.15. The molecule has 0 spiro atoms. The topological polar surface area (TPSA) is 78.4 Å². The van der Waals surface area contributed by atoms with E-state index in [-0.39, 0.29) is 24.4 Å². The van der Waals surface area contributed by atoms with E-state index >= 15 is 0 Å². The number of fused-ring (bicyclic) bond motifs is 2. The maximum atomic E-state index is 11.7. The van der Waals surface area contributed by atoms with E-state index in [1.54, 1.807) is 0 Å². The third-order valence-corrected chi connectivity index (χ3v) is 4.98. The minimum absolute atomic E-state index is 0.00110. The lowest BCUT2D eigenvalue weighted by atomic mass is 9.84. The van der Waals surface area contributed by atoms with Crippen molar-refractivity contribution in [3.63, 3.8) is 0 Å². The smallest absolute Gasteiger partial charge is 0.308 e. The third-order valence-electron chi connectivity index (χ3n) is 4.98. The molecule has 106 valence electrons. The average Bonchev–Trinajstić information content (AvgIpc) is 2.99. The first kappa shape index (κ1) is 12.9. The number of carbonyl (C=O) groups is 2. The first-order valence-electron chi connectivity index (χ1n) is 7.38. The summed E-state index contributed by atoms with van der Waals surface area (Å²) in [6, 6.07) is -0.0112. The van der Waals surface area contributed by atoms with Gasteiger partial charge in [0.2, 0.25) is 5.91 Å². The fourth-order valence-corrected chi connectivity index (χ4v) is 3.79. The van der Waals surface area contributed by atoms with Crippen molar-refractivity contribution < 1.29 is 14.7 Å². The van der Waals surface area contributed by atoms with E-state index in [0.29, 0.717) is 17.8 Å². The summed E-state index contributed by atoms with van der Waals surface area (Å²) >= 11 is 0. The van der Waals surface area contributed by atoms with Crippen LogP contribution in [0.3, 0.4) is 0 Å². The SMILES string of the molecule is O=C(CNC1C2CCC(C2)C1C(=O)O)NCC1CC1. The van der Waals surface area contributed by atoms with Crippen molar-refractivity contribution in [3.8, 4) is 0 Å². The van der Waals surface area contributed by atoms with Crippen LogP contribution in [0.4, 0.5) is 0 Å². The molecule has 2 bridgehead atoms. The molecule has 0 aromatic carbocycles. The van der Waals surface area contributed by atoms with Crippen molar-refractivity contribution in [1.29, 1.82) is 0 Å². The second-order valence-corrected chi connectivity index (χ2v) is 6.35. The molecule has 3 aliphatic rings. The largest absolute Gasteiger partial charge is 0.481 e. The van der Waals surface area contributed by atoms with E-state index in [1.807, 2.05) is 0 Å². The van der Waals surface area contributed by atoms with Gasteiger partial charge in [-0.15, -0.1) is 0 Å². The van der Waals surface area contributed by atoms with Gasteiger partial charge in [-0.05, 0) is 49.9 Å². The molecule has 0 saturated heterocycles. The summed E-state index contributed by atoms with van der Waals surface area (Å²) in [5, 5.41) is 15.4. The Labute approximate surface area is 113 Å². The fraction of sp³-hybridized carbons (Fsp3) is 0.857. The van der Waals surface area contributed by atoms with Crippen LogP contribution in [0.2, 0.25) is 0 Å². The summed E-state index contributed by atoms with van der Waals surface area (Å²) < 4.78 is 0. The van der Waals surface area contributed by atoms with Crippen molar-refractivity contribution in [2.75, 3.05) is 13.1 Å². The van der Waals surface area contributed by atoms with Crippen LogP contribution in [0.15, 0.2) is 0 Å². The minimum atomic E-state index is -0.705. The molecule has 4 atom stereocenters. The average molecular weight is 266 g/mol. The predicted molar refractivity (Wildman–Crippen MR) is 69.5 cm³/mol. The van der Waals surface area contributed by atoms with Gasteiger partial charge in [-0.25, -0.2) is 0 Å². The number of carboxylic acids is 1. The van der Waals surface area contributed by atoms with Crippen molar-refractivity contribution >= 4 is 11.9 Å². The molecule has 0 heterocycles. The number of hydrogen-bond donors (Lipinski definition) is 3. The number of rotatable bonds is 6. The highest BCUT2D eigenvalue weighted by Gasteiger charge is 2.50. The van der Waals surface area contributed by atoms with Crippen molar-refractivity contribution in [1.82, 2.24) is 10.6 Å². The highest BCUT2D eigenvalue weighted by molar-refractivity contribution is 5.78. The second-order valence-electron chi connectivity index (χ2n) is 6.35. The van der Waals surface area contributed by atoms with Gasteiger partial charge in [0.15, 0.2) is 0 Å². The zero-order chi connectivity index (χ0) is 13.4. The summed E-state index contributed by atoms with van der Waals surface area (Å²) in [5.74, 6) is 0.437. The molecule has 3 fully saturated rings. The minimum Gasteiger partial charge on any atom is -0.481 e. The molecular weight excluding hydrogens is 244 g/mol. The van der Waals surface area contributed by atoms with E-state index in [9.17, 15) is 14.7 Å². The predicted octanol–water partition coefficient (Wildman–Crippen LogP) is 0.601. The lowest BCUT2D eigenvalue weighted by molar-refractivity contribution is -0.144. The van der Waals surface area contributed by atoms with Gasteiger partial charge in [-0.2, -0.15) is 0 Å². The zero-order valence-electron chi connectivity index (χ0n) is 11.1. The first-order valence-corrected chi connectivity index (χ1v) is 7.38. The Balaban J connectivity index is 1.47. The Kier molecular flexibility index (Phi) is 3.48. The summed E-state index contributed by atoms with van der Waals surface area (Å²) in [7, 11) is 0. The van der Waals surface area contributed by atoms with Gasteiger partial charge in [0.05, 0.1) is 12.5 Å². The van der Waals surface area contributed by atoms with Gasteiger partial charge >= 0.3 is 5.97 Å². The maximum absolute atomic E-state index is 11.7. The third kappa shape index (κ3) is 2.76. The summed E-state index contributed by atoms with van der Waals surface area (Å²) in [6.07, 6.45) is 5.60. The van der Waals surface area contributed by atoms with Crippen LogP contribution < -0.4 is 10.6 Å². The van der Waals surface area contributed by atoms with E-state index in [4.69, 9.17) is 0 Å². The Morgan fingerprint density at radius 1 is 1.11 bits per heavy atom. The molecule has 5 heteroatoms. The summed E-state index contributed by atoms with van der Waals surface area (Å²) in [5.41, 5.74) is 0. The molecule has 3 rings (SSSR count). The van der Waals surface area contributed by atoms with Crippen LogP contribution in [-0.2, 0) is 9.59 Å². The standard InChI is InChI=1S/C14H22N2O3/c17-11(15-6-8-1-2-8)7-16-13-10-4-3-9(5-10)12(13)14(18)19/h8-10,12-13,16H,1-7H2,(H,15,17)(H,18,19). The van der Waals surface area contributed by atoms with Gasteiger partial charge in [0.25, 0.3) is 0 Å². The van der Waals surface area contributed by atoms with Gasteiger partial charge < -0.3 is 15.7 Å². The molecule has 0 aromatic heterocycles. The van der Waals surface area contributed by atoms with Crippen LogP contribution in [0.1, 0.15) is 32.1 Å². The van der Waals surface area contributed by atoms with Gasteiger partial charge in [0, 0.05) is 12.6 Å². The Hall–Kier alpha value is -1.10. The molecule has 1 amide bonds. The highest BCUT2D eigenvalue weighted by Crippen LogP contribution is 2.48. The lowest BCUT2D eigenvalue weighted by Gasteiger charge is -2.28. The molecule has 5 nitrogen and oxygen atoms in total. The number of carboxylic acid groups (broad SMARTS) is 1. The van der Waals surface area contributed by atoms with E-state index in [0.717, 1.165) is 25.8 Å². The summed E-state index contributed by atoms with van der Waals surface area (Å²) in [6.45, 7) is 1.03. The number of carbonyl (C=O) groups excluding carboxylic acids is 1. The van der Waals surface area contributed by atoms with Crippen LogP contribution in [0.25, 0.3) is 0 Å². The van der Waals surface area contributed by atoms with Crippen LogP contribution in [-0.4, -0.2) is 36.1 Å². The second kappa shape index (κ2) is 5.12. The van der Waals surface area contributed by atoms with E-state index in [1.165, 1.54) is 12.8 Å². The van der Waals surface area contributed by atoms with Crippen LogP contribution in [0, 0.1) is 23.7 Å². The van der Waals surface area contributed by atoms with Crippen LogP contribution >= 0.6 is 0 Å². The Morgan fingerprint density at radius 3 is 2.53 bits per heavy atom. The number of aliphatic carboxylic acids is 1. The highest BCUT2D eigenvalue weighted by atomic mass is 16.4. The molecule has 4 unspecified atom stereocenters. The monoisotopic (exact) mass is 266 g/mol. The van der Waals surface area contributed by atoms with Crippen molar-refractivity contribution in [2.45, 2.75) is 38.1 Å². The number of amides is 1. The Bertz CT molecular complexity index is 381. The van der Waals surface area contributed by atoms with E-state index < -0.39 is 5.97 Å². The quantitative estimate of drug-likeness (QED) is 0.658. The Morgan fingerprint density at radius 2 is 1.84 bits per heavy atom. The van der Waals surface area contributed by atoms with Gasteiger partial charge in [-0.3, -0.25) is 9.59 Å². The molecule has 19 heavy (non-hydrogen) atoms. The van der Waals surface area contributed by atoms with E-state index in [2.05, 4.69) is 10.6 Å². The molecule has 3 N–H and O–H groups in total. The van der Waals surface area contributed by atoms with Gasteiger partial charge in [-0.1, -0.05) is 0 Å². The molecule has 3 saturated carbocycles. The number of nitrogens with one attached hydrogen (secondary N) is 2. The molecule has 0 radical (unpaired) electrons. The number of hydrogen-bond acceptors (Lipinski definition) is 3. The van der Waals surface area contributed by atoms with Crippen molar-refractivity contribution in [3.05, 3.63) is 0 Å². The molecular formula is C14H22N2O3. The maximum Gasteiger partial charge on any atom is 0.308 e. The van der Waals surface area contributed by atoms with Gasteiger partial charge in [0.1, 0.15) is 0 Å².